The molecule has 1 aliphatic rings. The molecule has 4 N–H and O–H groups in total. The van der Waals surface area contributed by atoms with Crippen molar-refractivity contribution in [1.29, 1.82) is 0 Å². The first-order valence-corrected chi connectivity index (χ1v) is 8.04. The zero-order valence-corrected chi connectivity index (χ0v) is 13.5. The number of nitrogens with zero attached hydrogens (tertiary/aromatic N) is 4. The summed E-state index contributed by atoms with van der Waals surface area (Å²) in [4.78, 5) is 2.43. The van der Waals surface area contributed by atoms with E-state index in [4.69, 9.17) is 11.5 Å². The van der Waals surface area contributed by atoms with E-state index in [1.165, 1.54) is 31.6 Å². The third kappa shape index (κ3) is 4.04. The Morgan fingerprint density at radius 2 is 1.71 bits per heavy atom. The fraction of sp³-hybridized carbons (Fsp3) is 0.222. The van der Waals surface area contributed by atoms with Gasteiger partial charge in [-0.3, -0.25) is 0 Å². The van der Waals surface area contributed by atoms with Gasteiger partial charge in [-0.25, -0.2) is 0 Å². The average Bonchev–Trinajstić information content (AvgIpc) is 3.26. The van der Waals surface area contributed by atoms with Gasteiger partial charge >= 0.3 is 0 Å². The molecule has 1 saturated heterocycles. The lowest BCUT2D eigenvalue weighted by Crippen LogP contribution is -2.21. The molecule has 1 fully saturated rings. The van der Waals surface area contributed by atoms with Crippen molar-refractivity contribution >= 4 is 23.9 Å². The minimum absolute atomic E-state index is 0.0526. The maximum absolute atomic E-state index is 5.19. The Labute approximate surface area is 141 Å². The highest BCUT2D eigenvalue weighted by molar-refractivity contribution is 5.80. The van der Waals surface area contributed by atoms with Crippen LogP contribution in [0.2, 0.25) is 0 Å². The summed E-state index contributed by atoms with van der Waals surface area (Å²) in [6, 6.07) is 10.7. The molecular weight excluding hydrogens is 300 g/mol. The summed E-state index contributed by atoms with van der Waals surface area (Å²) in [5.74, 6) is -0.0526. The van der Waals surface area contributed by atoms with Gasteiger partial charge in [0, 0.05) is 43.1 Å². The highest BCUT2D eigenvalue weighted by atomic mass is 15.3. The molecule has 6 heteroatoms. The minimum atomic E-state index is -0.0526. The van der Waals surface area contributed by atoms with Crippen LogP contribution in [0.1, 0.15) is 18.4 Å². The Balaban J connectivity index is 1.65. The van der Waals surface area contributed by atoms with Crippen LogP contribution in [0, 0.1) is 0 Å². The van der Waals surface area contributed by atoms with E-state index < -0.39 is 0 Å². The van der Waals surface area contributed by atoms with Gasteiger partial charge in [-0.1, -0.05) is 6.08 Å². The SMILES string of the molecule is NC(N)=N/N=C/C=C/c1ccn(-c2ccc(N3CCCC3)cc2)c1. The van der Waals surface area contributed by atoms with E-state index in [0.29, 0.717) is 0 Å². The molecule has 2 heterocycles. The first-order chi connectivity index (χ1) is 11.7. The van der Waals surface area contributed by atoms with Gasteiger partial charge in [0.05, 0.1) is 0 Å². The maximum Gasteiger partial charge on any atom is 0.211 e. The molecule has 3 rings (SSSR count). The van der Waals surface area contributed by atoms with Crippen molar-refractivity contribution in [3.05, 3.63) is 54.4 Å². The topological polar surface area (TPSA) is 84.9 Å². The Bertz CT molecular complexity index is 744. The molecule has 0 aliphatic carbocycles. The fourth-order valence-electron chi connectivity index (χ4n) is 2.78. The highest BCUT2D eigenvalue weighted by Gasteiger charge is 2.11. The van der Waals surface area contributed by atoms with E-state index in [2.05, 4.69) is 50.1 Å². The van der Waals surface area contributed by atoms with Gasteiger partial charge in [0.1, 0.15) is 0 Å². The van der Waals surface area contributed by atoms with Gasteiger partial charge in [-0.15, -0.1) is 5.10 Å². The number of nitrogens with two attached hydrogens (primary N) is 2. The zero-order valence-electron chi connectivity index (χ0n) is 13.5. The summed E-state index contributed by atoms with van der Waals surface area (Å²) in [6.07, 6.45) is 12.0. The molecule has 0 radical (unpaired) electrons. The van der Waals surface area contributed by atoms with Crippen LogP contribution in [-0.2, 0) is 0 Å². The standard InChI is InChI=1S/C18H22N6/c19-18(20)22-21-10-3-4-15-9-13-24(14-15)17-7-5-16(6-8-17)23-11-1-2-12-23/h3-10,13-14H,1-2,11-12H2,(H4,19,20,22)/b4-3+,21-10+. The molecule has 1 aromatic heterocycles. The molecule has 6 nitrogen and oxygen atoms in total. The number of anilines is 1. The Kier molecular flexibility index (Phi) is 4.96. The molecule has 0 unspecified atom stereocenters. The van der Waals surface area contributed by atoms with Crippen molar-refractivity contribution < 1.29 is 0 Å². The normalized spacial score (nSPS) is 14.8. The second-order valence-electron chi connectivity index (χ2n) is 5.71. The number of hydrogen-bond donors (Lipinski definition) is 2. The van der Waals surface area contributed by atoms with Crippen LogP contribution < -0.4 is 16.4 Å². The molecule has 1 aliphatic heterocycles. The van der Waals surface area contributed by atoms with Gasteiger partial charge in [0.25, 0.3) is 0 Å². The second-order valence-corrected chi connectivity index (χ2v) is 5.71. The Hall–Kier alpha value is -3.02. The van der Waals surface area contributed by atoms with Gasteiger partial charge in [-0.2, -0.15) is 5.10 Å². The Morgan fingerprint density at radius 3 is 2.42 bits per heavy atom. The average molecular weight is 322 g/mol. The predicted octanol–water partition coefficient (Wildman–Crippen LogP) is 2.35. The monoisotopic (exact) mass is 322 g/mol. The van der Waals surface area contributed by atoms with Crippen molar-refractivity contribution in [1.82, 2.24) is 4.57 Å². The van der Waals surface area contributed by atoms with Crippen LogP contribution >= 0.6 is 0 Å². The van der Waals surface area contributed by atoms with Crippen molar-refractivity contribution in [2.24, 2.45) is 21.7 Å². The lowest BCUT2D eigenvalue weighted by Gasteiger charge is -2.17. The van der Waals surface area contributed by atoms with E-state index in [1.54, 1.807) is 12.3 Å². The molecule has 124 valence electrons. The van der Waals surface area contributed by atoms with Crippen LogP contribution in [0.5, 0.6) is 0 Å². The van der Waals surface area contributed by atoms with Crippen LogP contribution in [-0.4, -0.2) is 29.8 Å². The quantitative estimate of drug-likeness (QED) is 0.503. The van der Waals surface area contributed by atoms with E-state index in [1.807, 2.05) is 18.3 Å². The minimum Gasteiger partial charge on any atom is -0.372 e. The first kappa shape index (κ1) is 15.9. The van der Waals surface area contributed by atoms with Gasteiger partial charge in [0.15, 0.2) is 0 Å². The summed E-state index contributed by atoms with van der Waals surface area (Å²) in [6.45, 7) is 2.33. The molecular formula is C18H22N6. The van der Waals surface area contributed by atoms with Crippen molar-refractivity contribution in [3.63, 3.8) is 0 Å². The number of rotatable bonds is 5. The highest BCUT2D eigenvalue weighted by Crippen LogP contribution is 2.22. The first-order valence-electron chi connectivity index (χ1n) is 8.04. The lowest BCUT2D eigenvalue weighted by atomic mass is 10.2. The number of aromatic nitrogens is 1. The van der Waals surface area contributed by atoms with E-state index in [9.17, 15) is 0 Å². The molecule has 0 saturated carbocycles. The second kappa shape index (κ2) is 7.50. The van der Waals surface area contributed by atoms with Crippen LogP contribution in [0.3, 0.4) is 0 Å². The maximum atomic E-state index is 5.19. The number of allylic oxidation sites excluding steroid dienone is 1. The fourth-order valence-corrected chi connectivity index (χ4v) is 2.78. The molecule has 0 spiro atoms. The predicted molar refractivity (Wildman–Crippen MR) is 101 cm³/mol. The summed E-state index contributed by atoms with van der Waals surface area (Å²) in [7, 11) is 0. The van der Waals surface area contributed by atoms with E-state index in [-0.39, 0.29) is 5.96 Å². The summed E-state index contributed by atoms with van der Waals surface area (Å²) in [5, 5.41) is 7.24. The largest absolute Gasteiger partial charge is 0.372 e. The molecule has 1 aromatic carbocycles. The van der Waals surface area contributed by atoms with Crippen molar-refractivity contribution in [2.75, 3.05) is 18.0 Å². The van der Waals surface area contributed by atoms with E-state index in [0.717, 1.165) is 11.3 Å². The van der Waals surface area contributed by atoms with Gasteiger partial charge < -0.3 is 20.9 Å². The van der Waals surface area contributed by atoms with Gasteiger partial charge in [-0.05, 0) is 54.8 Å². The van der Waals surface area contributed by atoms with Crippen LogP contribution in [0.25, 0.3) is 11.8 Å². The molecule has 0 atom stereocenters. The zero-order chi connectivity index (χ0) is 16.8. The van der Waals surface area contributed by atoms with E-state index >= 15 is 0 Å². The smallest absolute Gasteiger partial charge is 0.211 e. The molecule has 0 amide bonds. The molecule has 2 aromatic rings. The van der Waals surface area contributed by atoms with Crippen LogP contribution in [0.15, 0.2) is 59.0 Å². The van der Waals surface area contributed by atoms with Gasteiger partial charge in [0.2, 0.25) is 5.96 Å². The van der Waals surface area contributed by atoms with Crippen molar-refractivity contribution in [3.8, 4) is 5.69 Å². The van der Waals surface area contributed by atoms with Crippen molar-refractivity contribution in [2.45, 2.75) is 12.8 Å². The number of guanidine groups is 1. The summed E-state index contributed by atoms with van der Waals surface area (Å²) >= 11 is 0. The summed E-state index contributed by atoms with van der Waals surface area (Å²) in [5.41, 5.74) is 13.9. The third-order valence-electron chi connectivity index (χ3n) is 3.95. The number of benzene rings is 1. The lowest BCUT2D eigenvalue weighted by molar-refractivity contribution is 0.949. The van der Waals surface area contributed by atoms with Crippen LogP contribution in [0.4, 0.5) is 5.69 Å². The third-order valence-corrected chi connectivity index (χ3v) is 3.95. The molecule has 0 bridgehead atoms. The number of hydrogen-bond acceptors (Lipinski definition) is 3. The summed E-state index contributed by atoms with van der Waals surface area (Å²) < 4.78 is 2.10. The Morgan fingerprint density at radius 1 is 1.00 bits per heavy atom. The molecule has 24 heavy (non-hydrogen) atoms.